The molecule has 0 unspecified atom stereocenters. The number of hydrogen-bond donors (Lipinski definition) is 14. The molecule has 3 heterocycles. The molecule has 4 rings (SSSR count). The van der Waals surface area contributed by atoms with E-state index >= 15 is 0 Å². The lowest BCUT2D eigenvalue weighted by Gasteiger charge is -2.33. The van der Waals surface area contributed by atoms with Gasteiger partial charge in [0.15, 0.2) is 28.3 Å². The lowest BCUT2D eigenvalue weighted by Crippen LogP contribution is -2.53. The molecule has 0 aliphatic rings. The number of hydrogen-bond acceptors (Lipinski definition) is 22. The van der Waals surface area contributed by atoms with Gasteiger partial charge in [-0.05, 0) is 32.0 Å². The zero-order chi connectivity index (χ0) is 59.1. The molecule has 8 atom stereocenters. The predicted octanol–water partition coefficient (Wildman–Crippen LogP) is -5.13. The molecule has 0 radical (unpaired) electrons. The number of rotatable bonds is 31. The van der Waals surface area contributed by atoms with Crippen molar-refractivity contribution in [3.8, 4) is 0 Å². The minimum Gasteiger partial charge on any atom is -0.542 e. The van der Waals surface area contributed by atoms with Crippen molar-refractivity contribution in [3.63, 3.8) is 0 Å². The van der Waals surface area contributed by atoms with Crippen LogP contribution in [0.1, 0.15) is 30.0 Å². The maximum atomic E-state index is 13.2. The lowest BCUT2D eigenvalue weighted by atomic mass is 10.0. The highest BCUT2D eigenvalue weighted by molar-refractivity contribution is 5.97. The second-order valence-electron chi connectivity index (χ2n) is 16.5. The van der Waals surface area contributed by atoms with Crippen LogP contribution in [0, 0.1) is 0 Å². The number of aromatic nitrogens is 5. The van der Waals surface area contributed by atoms with Crippen LogP contribution in [-0.4, -0.2) is 245 Å². The number of fused-ring (bicyclic) bond motifs is 2. The molecule has 3 aromatic heterocycles. The molecular formula is C44H65F6N9O19. The molecule has 28 nitrogen and oxygen atoms in total. The summed E-state index contributed by atoms with van der Waals surface area (Å²) in [4.78, 5) is 57.8. The van der Waals surface area contributed by atoms with E-state index in [1.165, 1.54) is 9.80 Å². The number of nitrogens with one attached hydrogen (secondary N) is 2. The van der Waals surface area contributed by atoms with Gasteiger partial charge in [-0.2, -0.15) is 26.3 Å². The highest BCUT2D eigenvalue weighted by atomic mass is 19.4. The second kappa shape index (κ2) is 32.8. The third-order valence-electron chi connectivity index (χ3n) is 11.0. The first kappa shape index (κ1) is 68.1. The van der Waals surface area contributed by atoms with Gasteiger partial charge in [-0.1, -0.05) is 0 Å². The number of halogens is 6. The van der Waals surface area contributed by atoms with Gasteiger partial charge in [-0.15, -0.1) is 0 Å². The first-order valence-corrected chi connectivity index (χ1v) is 23.4. The molecule has 4 aromatic rings. The number of alkyl halides is 6. The molecular weight excluding hydrogens is 1070 g/mol. The zero-order valence-corrected chi connectivity index (χ0v) is 41.9. The number of anilines is 2. The van der Waals surface area contributed by atoms with Crippen LogP contribution in [-0.2, 0) is 48.2 Å². The fourth-order valence-electron chi connectivity index (χ4n) is 7.01. The van der Waals surface area contributed by atoms with Gasteiger partial charge in [0.05, 0.1) is 78.2 Å². The molecule has 78 heavy (non-hydrogen) atoms. The molecule has 0 aliphatic heterocycles. The van der Waals surface area contributed by atoms with Crippen LogP contribution in [0.25, 0.3) is 22.2 Å². The first-order valence-electron chi connectivity index (χ1n) is 23.4. The van der Waals surface area contributed by atoms with Crippen LogP contribution in [0.5, 0.6) is 0 Å². The van der Waals surface area contributed by atoms with Gasteiger partial charge in [0.2, 0.25) is 6.41 Å². The monoisotopic (exact) mass is 1140 g/mol. The van der Waals surface area contributed by atoms with Gasteiger partial charge in [0.25, 0.3) is 11.7 Å². The molecule has 15 N–H and O–H groups in total. The summed E-state index contributed by atoms with van der Waals surface area (Å²) in [6.07, 6.45) is -22.4. The fraction of sp³-hybridized carbons (Fsp3) is 0.614. The summed E-state index contributed by atoms with van der Waals surface area (Å²) in [5, 5.41) is 118. The number of benzene rings is 1. The van der Waals surface area contributed by atoms with E-state index < -0.39 is 99.4 Å². The lowest BCUT2D eigenvalue weighted by molar-refractivity contribution is -0.676. The number of carbonyl (C=O) groups excluding carboxylic acids is 3. The summed E-state index contributed by atoms with van der Waals surface area (Å²) < 4.78 is 84.1. The Hall–Kier alpha value is -5.99. The van der Waals surface area contributed by atoms with E-state index in [9.17, 15) is 76.8 Å². The van der Waals surface area contributed by atoms with Crippen LogP contribution < -0.4 is 25.6 Å². The quantitative estimate of drug-likeness (QED) is 0.00970. The number of nitrogen functional groups attached to an aromatic ring is 1. The first-order chi connectivity index (χ1) is 36.6. The van der Waals surface area contributed by atoms with Gasteiger partial charge < -0.3 is 96.3 Å². The highest BCUT2D eigenvalue weighted by Crippen LogP contribution is 2.25. The van der Waals surface area contributed by atoms with Crippen molar-refractivity contribution < 1.29 is 126 Å². The zero-order valence-electron chi connectivity index (χ0n) is 41.9. The fourth-order valence-corrected chi connectivity index (χ4v) is 7.01. The minimum absolute atomic E-state index is 0.00176. The number of aryl methyl sites for hydroxylation is 2. The summed E-state index contributed by atoms with van der Waals surface area (Å²) in [6, 6.07) is 7.16. The van der Waals surface area contributed by atoms with Crippen LogP contribution in [0.15, 0.2) is 30.5 Å². The Labute approximate surface area is 439 Å². The molecule has 1 aromatic carbocycles. The van der Waals surface area contributed by atoms with E-state index in [-0.39, 0.29) is 76.8 Å². The molecule has 0 saturated carbocycles. The van der Waals surface area contributed by atoms with E-state index in [4.69, 9.17) is 50.0 Å². The summed E-state index contributed by atoms with van der Waals surface area (Å²) in [6.45, 7) is 3.86. The van der Waals surface area contributed by atoms with E-state index in [1.807, 2.05) is 30.5 Å². The molecule has 2 amide bonds. The highest BCUT2D eigenvalue weighted by Gasteiger charge is 2.38. The molecule has 442 valence electrons. The Morgan fingerprint density at radius 3 is 1.77 bits per heavy atom. The molecule has 34 heteroatoms. The number of carboxylic acid groups (broad SMARTS) is 2. The maximum absolute atomic E-state index is 13.2. The topological polar surface area (TPSA) is 436 Å². The van der Waals surface area contributed by atoms with E-state index in [0.29, 0.717) is 36.2 Å². The van der Waals surface area contributed by atoms with Crippen LogP contribution in [0.3, 0.4) is 0 Å². The van der Waals surface area contributed by atoms with Gasteiger partial charge in [-0.25, -0.2) is 23.9 Å². The molecule has 0 aliphatic carbocycles. The number of amides is 2. The van der Waals surface area contributed by atoms with Crippen molar-refractivity contribution in [2.24, 2.45) is 0 Å². The molecule has 0 saturated heterocycles. The number of aliphatic hydroxyl groups excluding tert-OH is 10. The summed E-state index contributed by atoms with van der Waals surface area (Å²) in [5.41, 5.74) is 9.41. The van der Waals surface area contributed by atoms with Crippen molar-refractivity contribution in [1.29, 1.82) is 0 Å². The number of ether oxygens (including phenoxy) is 3. The summed E-state index contributed by atoms with van der Waals surface area (Å²) >= 11 is 0. The number of nitrogens with two attached hydrogens (primary N) is 1. The van der Waals surface area contributed by atoms with Crippen LogP contribution in [0.2, 0.25) is 0 Å². The normalized spacial score (nSPS) is 15.0. The average molecular weight is 1140 g/mol. The Morgan fingerprint density at radius 1 is 0.808 bits per heavy atom. The SMILES string of the molecule is CCn1c(CN(C=O)c2nc3cc[nH]c3nc2N)[n+](CC)c2cc(C(=O)NCCOCCOCCOCCN(C[C@H](O)[C@@H](O)[C@H](O)[C@H](O)CO)C[C@H](O)[C@@H](O)[C@H](O)[C@H](O)CO)ccc21.O=C(O)C(F)(F)F.O=C([O-])C(F)(F)F. The van der Waals surface area contributed by atoms with Crippen LogP contribution >= 0.6 is 0 Å². The van der Waals surface area contributed by atoms with E-state index in [1.54, 1.807) is 18.3 Å². The predicted molar refractivity (Wildman–Crippen MR) is 252 cm³/mol. The number of carbonyl (C=O) groups is 4. The largest absolute Gasteiger partial charge is 0.542 e. The van der Waals surface area contributed by atoms with Gasteiger partial charge >= 0.3 is 18.3 Å². The third-order valence-corrected chi connectivity index (χ3v) is 11.0. The van der Waals surface area contributed by atoms with Crippen molar-refractivity contribution in [2.75, 3.05) is 89.7 Å². The number of nitrogens with zero attached hydrogens (tertiary/aromatic N) is 6. The number of carboxylic acids is 2. The third kappa shape index (κ3) is 21.0. The minimum atomic E-state index is -5.19. The number of imidazole rings is 1. The smallest absolute Gasteiger partial charge is 0.490 e. The standard InChI is InChI=1S/C40H63N9O15.2C2HF3O2/c1-3-48-26-6-5-24(17-27(26)49(4-2)32(48)20-47(23-52)39-37(41)45-38-25(44-39)7-8-42-38)40(61)43-9-11-62-13-15-64-16-14-63-12-10-46(18-28(53)33(57)35(59)30(55)21-50)19-29(54)34(58)36(60)31(56)22-51;2*3-2(4,5)1(6)7/h5-8,17,23,28-31,33-36,50-51,53-60H,3-4,9-16,18-22H2,1-2H3,(H3-,41,42,43,44,45,61);2*(H,6,7)/t28-,29-,30+,31+,33+,34+,35+,36+;;/m0../s1. The Balaban J connectivity index is 0.00000130. The number of aliphatic hydroxyl groups is 10. The Bertz CT molecular complexity index is 2420. The van der Waals surface area contributed by atoms with Crippen molar-refractivity contribution in [2.45, 2.75) is 94.7 Å². The van der Waals surface area contributed by atoms with E-state index in [2.05, 4.69) is 24.8 Å². The van der Waals surface area contributed by atoms with Gasteiger partial charge in [-0.3, -0.25) is 19.4 Å². The van der Waals surface area contributed by atoms with Crippen molar-refractivity contribution in [1.82, 2.24) is 29.7 Å². The Morgan fingerprint density at radius 2 is 1.31 bits per heavy atom. The number of aromatic amines is 1. The molecule has 0 fully saturated rings. The summed E-state index contributed by atoms with van der Waals surface area (Å²) in [5.74, 6) is -4.90. The molecule has 0 bridgehead atoms. The van der Waals surface area contributed by atoms with Crippen molar-refractivity contribution in [3.05, 3.63) is 41.9 Å². The maximum Gasteiger partial charge on any atom is 0.490 e. The van der Waals surface area contributed by atoms with Gasteiger partial charge in [0, 0.05) is 44.0 Å². The summed E-state index contributed by atoms with van der Waals surface area (Å²) in [7, 11) is 0. The second-order valence-corrected chi connectivity index (χ2v) is 16.5. The average Bonchev–Trinajstić information content (AvgIpc) is 4.02. The molecule has 0 spiro atoms. The number of H-pyrrole nitrogens is 1. The van der Waals surface area contributed by atoms with Crippen LogP contribution in [0.4, 0.5) is 38.0 Å². The van der Waals surface area contributed by atoms with Gasteiger partial charge in [0.1, 0.15) is 54.7 Å². The Kier molecular flexibility index (Phi) is 28.6. The number of aliphatic carboxylic acids is 2. The van der Waals surface area contributed by atoms with Crippen molar-refractivity contribution >= 4 is 58.1 Å². The van der Waals surface area contributed by atoms with E-state index in [0.717, 1.165) is 16.9 Å².